The molecule has 1 N–H and O–H groups in total. The van der Waals surface area contributed by atoms with Gasteiger partial charge in [0.2, 0.25) is 0 Å². The van der Waals surface area contributed by atoms with Crippen molar-refractivity contribution < 1.29 is 4.79 Å². The highest BCUT2D eigenvalue weighted by molar-refractivity contribution is 9.10. The molecule has 0 aliphatic rings. The van der Waals surface area contributed by atoms with Gasteiger partial charge in [-0.3, -0.25) is 14.2 Å². The SMILES string of the molecule is CCn1ncc(Br)c1CNC(=O)c1ccn(C)n1. The van der Waals surface area contributed by atoms with Crippen molar-refractivity contribution in [3.63, 3.8) is 0 Å². The topological polar surface area (TPSA) is 64.7 Å². The van der Waals surface area contributed by atoms with E-state index in [2.05, 4.69) is 31.4 Å². The zero-order chi connectivity index (χ0) is 13.1. The number of carbonyl (C=O) groups excluding carboxylic acids is 1. The molecule has 0 saturated carbocycles. The van der Waals surface area contributed by atoms with Crippen LogP contribution in [0.15, 0.2) is 22.9 Å². The van der Waals surface area contributed by atoms with Crippen molar-refractivity contribution in [1.29, 1.82) is 0 Å². The van der Waals surface area contributed by atoms with Crippen molar-refractivity contribution in [3.05, 3.63) is 34.3 Å². The van der Waals surface area contributed by atoms with E-state index in [1.165, 1.54) is 0 Å². The Morgan fingerprint density at radius 3 is 2.94 bits per heavy atom. The normalized spacial score (nSPS) is 10.6. The minimum Gasteiger partial charge on any atom is -0.345 e. The molecule has 6 nitrogen and oxygen atoms in total. The lowest BCUT2D eigenvalue weighted by Gasteiger charge is -2.06. The smallest absolute Gasteiger partial charge is 0.272 e. The van der Waals surface area contributed by atoms with Crippen molar-refractivity contribution in [2.75, 3.05) is 0 Å². The van der Waals surface area contributed by atoms with Gasteiger partial charge in [0, 0.05) is 19.8 Å². The zero-order valence-corrected chi connectivity index (χ0v) is 11.8. The van der Waals surface area contributed by atoms with Crippen molar-refractivity contribution in [2.24, 2.45) is 7.05 Å². The van der Waals surface area contributed by atoms with E-state index in [4.69, 9.17) is 0 Å². The average Bonchev–Trinajstić information content (AvgIpc) is 2.93. The van der Waals surface area contributed by atoms with E-state index < -0.39 is 0 Å². The number of halogens is 1. The van der Waals surface area contributed by atoms with Crippen molar-refractivity contribution in [2.45, 2.75) is 20.0 Å². The number of rotatable bonds is 4. The summed E-state index contributed by atoms with van der Waals surface area (Å²) in [5, 5.41) is 11.1. The lowest BCUT2D eigenvalue weighted by atomic mass is 10.3. The molecule has 0 fully saturated rings. The standard InChI is InChI=1S/C11H14BrN5O/c1-3-17-10(8(12)6-14-17)7-13-11(18)9-4-5-16(2)15-9/h4-6H,3,7H2,1-2H3,(H,13,18). The van der Waals surface area contributed by atoms with Crippen LogP contribution in [-0.4, -0.2) is 25.5 Å². The monoisotopic (exact) mass is 311 g/mol. The molecule has 18 heavy (non-hydrogen) atoms. The van der Waals surface area contributed by atoms with Gasteiger partial charge in [-0.25, -0.2) is 0 Å². The Bertz CT molecular complexity index is 560. The number of hydrogen-bond acceptors (Lipinski definition) is 3. The lowest BCUT2D eigenvalue weighted by molar-refractivity contribution is 0.0944. The van der Waals surface area contributed by atoms with E-state index in [1.807, 2.05) is 11.6 Å². The van der Waals surface area contributed by atoms with Gasteiger partial charge in [0.1, 0.15) is 5.69 Å². The first-order valence-corrected chi connectivity index (χ1v) is 6.39. The van der Waals surface area contributed by atoms with Crippen LogP contribution in [0.4, 0.5) is 0 Å². The minimum absolute atomic E-state index is 0.189. The Labute approximate surface area is 113 Å². The Morgan fingerprint density at radius 2 is 2.33 bits per heavy atom. The first kappa shape index (κ1) is 12.8. The summed E-state index contributed by atoms with van der Waals surface area (Å²) in [6.45, 7) is 3.19. The van der Waals surface area contributed by atoms with Crippen LogP contribution in [0.25, 0.3) is 0 Å². The molecule has 0 spiro atoms. The van der Waals surface area contributed by atoms with Crippen LogP contribution in [-0.2, 0) is 20.1 Å². The molecule has 1 amide bonds. The second-order valence-corrected chi connectivity index (χ2v) is 4.67. The van der Waals surface area contributed by atoms with Gasteiger partial charge in [0.25, 0.3) is 5.91 Å². The molecular formula is C11H14BrN5O. The number of carbonyl (C=O) groups is 1. The molecule has 0 aromatic carbocycles. The largest absolute Gasteiger partial charge is 0.345 e. The molecule has 2 aromatic heterocycles. The van der Waals surface area contributed by atoms with Gasteiger partial charge in [0.05, 0.1) is 22.9 Å². The molecule has 0 aliphatic carbocycles. The number of aryl methyl sites for hydroxylation is 2. The van der Waals surface area contributed by atoms with Gasteiger partial charge in [-0.2, -0.15) is 10.2 Å². The highest BCUT2D eigenvalue weighted by Crippen LogP contribution is 2.15. The van der Waals surface area contributed by atoms with E-state index in [9.17, 15) is 4.79 Å². The van der Waals surface area contributed by atoms with E-state index in [0.29, 0.717) is 12.2 Å². The molecule has 7 heteroatoms. The molecule has 0 unspecified atom stereocenters. The van der Waals surface area contributed by atoms with Crippen molar-refractivity contribution >= 4 is 21.8 Å². The zero-order valence-electron chi connectivity index (χ0n) is 10.2. The summed E-state index contributed by atoms with van der Waals surface area (Å²) in [7, 11) is 1.78. The summed E-state index contributed by atoms with van der Waals surface area (Å²) in [5.74, 6) is -0.189. The molecule has 0 atom stereocenters. The maximum Gasteiger partial charge on any atom is 0.272 e. The van der Waals surface area contributed by atoms with Crippen molar-refractivity contribution in [3.8, 4) is 0 Å². The second kappa shape index (κ2) is 5.34. The number of aromatic nitrogens is 4. The van der Waals surface area contributed by atoms with Crippen LogP contribution in [0.3, 0.4) is 0 Å². The molecule has 0 aliphatic heterocycles. The van der Waals surface area contributed by atoms with Crippen LogP contribution in [0, 0.1) is 0 Å². The summed E-state index contributed by atoms with van der Waals surface area (Å²) in [5.41, 5.74) is 1.36. The fraction of sp³-hybridized carbons (Fsp3) is 0.364. The van der Waals surface area contributed by atoms with E-state index >= 15 is 0 Å². The van der Waals surface area contributed by atoms with Gasteiger partial charge in [-0.15, -0.1) is 0 Å². The molecular weight excluding hydrogens is 298 g/mol. The van der Waals surface area contributed by atoms with E-state index in [0.717, 1.165) is 16.7 Å². The maximum absolute atomic E-state index is 11.8. The third-order valence-corrected chi connectivity index (χ3v) is 3.22. The van der Waals surface area contributed by atoms with Crippen molar-refractivity contribution in [1.82, 2.24) is 24.9 Å². The van der Waals surface area contributed by atoms with Gasteiger partial charge in [-0.1, -0.05) is 0 Å². The fourth-order valence-corrected chi connectivity index (χ4v) is 2.06. The minimum atomic E-state index is -0.189. The third-order valence-electron chi connectivity index (χ3n) is 2.56. The Morgan fingerprint density at radius 1 is 1.56 bits per heavy atom. The second-order valence-electron chi connectivity index (χ2n) is 3.81. The summed E-state index contributed by atoms with van der Waals surface area (Å²) < 4.78 is 4.33. The van der Waals surface area contributed by atoms with Crippen LogP contribution in [0.1, 0.15) is 23.1 Å². The van der Waals surface area contributed by atoms with Crippen LogP contribution in [0.2, 0.25) is 0 Å². The van der Waals surface area contributed by atoms with Crippen LogP contribution >= 0.6 is 15.9 Å². The van der Waals surface area contributed by atoms with E-state index in [-0.39, 0.29) is 5.91 Å². The fourth-order valence-electron chi connectivity index (χ4n) is 1.63. The highest BCUT2D eigenvalue weighted by atomic mass is 79.9. The predicted molar refractivity (Wildman–Crippen MR) is 70.0 cm³/mol. The van der Waals surface area contributed by atoms with Gasteiger partial charge >= 0.3 is 0 Å². The summed E-state index contributed by atoms with van der Waals surface area (Å²) in [6.07, 6.45) is 3.47. The summed E-state index contributed by atoms with van der Waals surface area (Å²) in [6, 6.07) is 1.68. The molecule has 0 bridgehead atoms. The lowest BCUT2D eigenvalue weighted by Crippen LogP contribution is -2.25. The van der Waals surface area contributed by atoms with E-state index in [1.54, 1.807) is 30.2 Å². The highest BCUT2D eigenvalue weighted by Gasteiger charge is 2.12. The quantitative estimate of drug-likeness (QED) is 0.926. The summed E-state index contributed by atoms with van der Waals surface area (Å²) >= 11 is 3.41. The predicted octanol–water partition coefficient (Wildman–Crippen LogP) is 1.33. The maximum atomic E-state index is 11.8. The van der Waals surface area contributed by atoms with Gasteiger partial charge in [-0.05, 0) is 28.9 Å². The Balaban J connectivity index is 2.03. The summed E-state index contributed by atoms with van der Waals surface area (Å²) in [4.78, 5) is 11.8. The number of nitrogens with zero attached hydrogens (tertiary/aromatic N) is 4. The Hall–Kier alpha value is -1.63. The first-order valence-electron chi connectivity index (χ1n) is 5.60. The molecule has 2 aromatic rings. The van der Waals surface area contributed by atoms with Crippen LogP contribution in [0.5, 0.6) is 0 Å². The molecule has 0 radical (unpaired) electrons. The molecule has 2 heterocycles. The van der Waals surface area contributed by atoms with Gasteiger partial charge in [0.15, 0.2) is 0 Å². The molecule has 0 saturated heterocycles. The van der Waals surface area contributed by atoms with Gasteiger partial charge < -0.3 is 5.32 Å². The number of amides is 1. The molecule has 96 valence electrons. The third kappa shape index (κ3) is 2.61. The molecule has 2 rings (SSSR count). The average molecular weight is 312 g/mol. The first-order chi connectivity index (χ1) is 8.61. The number of nitrogens with one attached hydrogen (secondary N) is 1. The number of hydrogen-bond donors (Lipinski definition) is 1. The van der Waals surface area contributed by atoms with Crippen LogP contribution < -0.4 is 5.32 Å². The Kier molecular flexibility index (Phi) is 3.81.